The summed E-state index contributed by atoms with van der Waals surface area (Å²) in [6.45, 7) is 3.97. The second kappa shape index (κ2) is 22.4. The number of anilines is 2. The van der Waals surface area contributed by atoms with Crippen LogP contribution in [0.4, 0.5) is 17.3 Å². The lowest BCUT2D eigenvalue weighted by Crippen LogP contribution is -2.45. The third-order valence-electron chi connectivity index (χ3n) is 15.8. The SMILES string of the molecule is CC(Oc1nc(N)nc2c1ncn2[C@@H]1CO[C@H](COP(=O)(O)OP(=O)(O)OP(=O)(O)O)[C@H]1O)c1ccc(C#CCNC(=O)c2ccc(C(=O)O)c(C3=c4cc5c6c(c4Oc4c3cc3c7c4CCCN7CCC3)CCC[N+]=6CCC5)c2)cc1[N+](=O)[O-]. The molecule has 0 bridgehead atoms. The smallest absolute Gasteiger partial charge is 0.478 e. The number of fused-ring (bicyclic) bond motifs is 5. The number of aliphatic hydroxyl groups excluding tert-OH is 1. The first-order valence-corrected chi connectivity index (χ1v) is 31.6. The molecule has 9 N–H and O–H groups in total. The number of aromatic nitrogens is 4. The first-order valence-electron chi connectivity index (χ1n) is 27.1. The average molecular weight is 1230 g/mol. The molecule has 6 aliphatic heterocycles. The van der Waals surface area contributed by atoms with Gasteiger partial charge in [-0.25, -0.2) is 28.0 Å². The van der Waals surface area contributed by atoms with E-state index in [1.165, 1.54) is 70.3 Å². The number of phosphoric acid groups is 3. The molecular formula is C54H55N9O19P3+. The summed E-state index contributed by atoms with van der Waals surface area (Å²) in [5.74, 6) is 5.04. The minimum Gasteiger partial charge on any atom is -0.478 e. The average Bonchev–Trinajstić information content (AvgIpc) is 1.39. The number of carbonyl (C=O) groups is 2. The van der Waals surface area contributed by atoms with Crippen molar-refractivity contribution in [2.24, 2.45) is 0 Å². The maximum atomic E-state index is 14.1. The molecule has 1 fully saturated rings. The number of aliphatic hydroxyl groups is 1. The Morgan fingerprint density at radius 3 is 2.45 bits per heavy atom. The van der Waals surface area contributed by atoms with Crippen LogP contribution in [-0.4, -0.2) is 124 Å². The molecule has 31 heteroatoms. The summed E-state index contributed by atoms with van der Waals surface area (Å²) in [5, 5.41) is 39.4. The number of hydrogen-bond acceptors (Lipinski definition) is 19. The van der Waals surface area contributed by atoms with E-state index in [0.29, 0.717) is 5.56 Å². The highest BCUT2D eigenvalue weighted by Gasteiger charge is 2.44. The number of phosphoric ester groups is 1. The molecule has 6 aliphatic rings. The number of aromatic carboxylic acids is 1. The zero-order valence-electron chi connectivity index (χ0n) is 45.2. The fourth-order valence-electron chi connectivity index (χ4n) is 12.4. The number of aryl methyl sites for hydroxylation is 2. The van der Waals surface area contributed by atoms with Crippen molar-refractivity contribution < 1.29 is 85.3 Å². The number of amides is 1. The Morgan fingerprint density at radius 1 is 0.929 bits per heavy atom. The van der Waals surface area contributed by atoms with Crippen molar-refractivity contribution in [1.29, 1.82) is 0 Å². The maximum absolute atomic E-state index is 14.1. The summed E-state index contributed by atoms with van der Waals surface area (Å²) >= 11 is 0. The predicted molar refractivity (Wildman–Crippen MR) is 299 cm³/mol. The molecule has 1 amide bonds. The van der Waals surface area contributed by atoms with Crippen LogP contribution in [-0.2, 0) is 57.3 Å². The van der Waals surface area contributed by atoms with Crippen molar-refractivity contribution in [3.63, 3.8) is 0 Å². The monoisotopic (exact) mass is 1230 g/mol. The Balaban J connectivity index is 0.768. The largest absolute Gasteiger partial charge is 0.490 e. The van der Waals surface area contributed by atoms with Crippen LogP contribution in [0.15, 0.2) is 54.9 Å². The highest BCUT2D eigenvalue weighted by atomic mass is 31.3. The van der Waals surface area contributed by atoms with Gasteiger partial charge in [-0.1, -0.05) is 11.8 Å². The van der Waals surface area contributed by atoms with E-state index in [0.717, 1.165) is 117 Å². The Hall–Kier alpha value is -7.47. The highest BCUT2D eigenvalue weighted by molar-refractivity contribution is 7.66. The number of nitro groups is 1. The van der Waals surface area contributed by atoms with Crippen LogP contribution in [0.2, 0.25) is 0 Å². The van der Waals surface area contributed by atoms with Gasteiger partial charge in [-0.3, -0.25) is 19.4 Å². The molecule has 8 heterocycles. The molecule has 6 aromatic rings. The van der Waals surface area contributed by atoms with E-state index in [4.69, 9.17) is 29.7 Å². The third kappa shape index (κ3) is 11.4. The first-order chi connectivity index (χ1) is 40.5. The summed E-state index contributed by atoms with van der Waals surface area (Å²) in [6.07, 6.45) is 4.55. The van der Waals surface area contributed by atoms with Crippen molar-refractivity contribution in [3.05, 3.63) is 131 Å². The van der Waals surface area contributed by atoms with Gasteiger partial charge in [-0.15, -0.1) is 0 Å². The van der Waals surface area contributed by atoms with E-state index in [1.54, 1.807) is 6.07 Å². The highest BCUT2D eigenvalue weighted by Crippen LogP contribution is 2.66. The Kier molecular flexibility index (Phi) is 15.3. The van der Waals surface area contributed by atoms with E-state index in [9.17, 15) is 53.4 Å². The fourth-order valence-corrected chi connectivity index (χ4v) is 15.4. The normalized spacial score (nSPS) is 20.3. The van der Waals surface area contributed by atoms with Gasteiger partial charge < -0.3 is 64.5 Å². The lowest BCUT2D eigenvalue weighted by atomic mass is 9.81. The standard InChI is InChI=1S/C54H54N9O19P3/c1-28(79-52-44-50(58-54(55)59-52)62(27-57-44)41-25-77-42(47(41)64)26-78-84(73,74)82-85(75,76)81-83(70,71)72)33-14-12-29(21-40(33)63(68)69)7-2-16-56-51(65)32-13-15-34(53(66)67)37(24-32)43-38-22-30-8-3-17-60-19-5-10-35(45(30)60)48(38)80-49-36-11-6-20-61-18-4-9-31(46(36)61)23-39(43)49/h12-15,21-24,27-28,41-42,47,64H,3-6,8-11,16-20,25-26H2,1H3,(H7-,55,56,58,59,65,66,67,70,71,72,73,74,75,76)/p+1/t28?,41-,42-,47+/m1/s1. The summed E-state index contributed by atoms with van der Waals surface area (Å²) in [6, 6.07) is 12.1. The zero-order valence-corrected chi connectivity index (χ0v) is 47.8. The number of nitrogens with one attached hydrogen (secondary N) is 1. The molecule has 85 heavy (non-hydrogen) atoms. The van der Waals surface area contributed by atoms with Crippen LogP contribution in [0.5, 0.6) is 17.4 Å². The number of carboxylic acids is 1. The van der Waals surface area contributed by atoms with E-state index in [-0.39, 0.29) is 64.1 Å². The summed E-state index contributed by atoms with van der Waals surface area (Å²) in [4.78, 5) is 91.3. The number of benzene rings is 4. The van der Waals surface area contributed by atoms with Crippen LogP contribution in [0.1, 0.15) is 110 Å². The van der Waals surface area contributed by atoms with Crippen LogP contribution < -0.4 is 40.6 Å². The molecule has 0 aliphatic carbocycles. The molecule has 6 atom stereocenters. The number of hydrogen-bond donors (Lipinski definition) is 8. The van der Waals surface area contributed by atoms with Crippen LogP contribution in [0, 0.1) is 22.0 Å². The van der Waals surface area contributed by atoms with Crippen molar-refractivity contribution in [2.75, 3.05) is 56.6 Å². The number of nitrogen functional groups attached to an aromatic ring is 1. The predicted octanol–water partition coefficient (Wildman–Crippen LogP) is 4.02. The summed E-state index contributed by atoms with van der Waals surface area (Å²) in [5.41, 5.74) is 14.1. The van der Waals surface area contributed by atoms with Crippen LogP contribution in [0.25, 0.3) is 16.7 Å². The maximum Gasteiger partial charge on any atom is 0.490 e. The van der Waals surface area contributed by atoms with Gasteiger partial charge >= 0.3 is 29.4 Å². The van der Waals surface area contributed by atoms with Gasteiger partial charge in [0, 0.05) is 76.3 Å². The van der Waals surface area contributed by atoms with Crippen molar-refractivity contribution >= 4 is 69.4 Å². The molecule has 2 aromatic heterocycles. The second-order valence-electron chi connectivity index (χ2n) is 21.2. The third-order valence-corrected chi connectivity index (χ3v) is 19.6. The first kappa shape index (κ1) is 57.9. The molecule has 1 saturated heterocycles. The van der Waals surface area contributed by atoms with Crippen LogP contribution in [0.3, 0.4) is 0 Å². The Morgan fingerprint density at radius 2 is 1.68 bits per heavy atom. The van der Waals surface area contributed by atoms with Crippen molar-refractivity contribution in [3.8, 4) is 29.2 Å². The van der Waals surface area contributed by atoms with Gasteiger partial charge in [0.2, 0.25) is 17.2 Å². The molecule has 12 rings (SSSR count). The fraction of sp³-hybridized carbons (Fsp3) is 0.370. The quantitative estimate of drug-likeness (QED) is 0.0223. The Bertz CT molecular complexity index is 4190. The van der Waals surface area contributed by atoms with Gasteiger partial charge in [-0.2, -0.15) is 18.6 Å². The molecule has 0 radical (unpaired) electrons. The number of nitro benzene ring substituents is 1. The lowest BCUT2D eigenvalue weighted by Gasteiger charge is -2.39. The summed E-state index contributed by atoms with van der Waals surface area (Å²) in [7, 11) is -17.0. The number of carboxylic acid groups (broad SMARTS) is 1. The number of rotatable bonds is 16. The minimum absolute atomic E-state index is 0.00225. The topological polar surface area (TPSA) is 393 Å². The number of nitrogens with two attached hydrogens (primary N) is 1. The molecule has 444 valence electrons. The zero-order chi connectivity index (χ0) is 59.9. The van der Waals surface area contributed by atoms with Crippen molar-refractivity contribution in [2.45, 2.75) is 82.6 Å². The number of nitrogens with zero attached hydrogens (tertiary/aromatic N) is 7. The number of carbonyl (C=O) groups excluding carboxylic acids is 1. The van der Waals surface area contributed by atoms with Gasteiger partial charge in [0.05, 0.1) is 53.7 Å². The molecule has 3 unspecified atom stereocenters. The van der Waals surface area contributed by atoms with E-state index in [2.05, 4.69) is 66.9 Å². The second-order valence-corrected chi connectivity index (χ2v) is 25.6. The van der Waals surface area contributed by atoms with Gasteiger partial charge in [-0.05, 0) is 99.0 Å². The Labute approximate surface area is 482 Å². The molecular weight excluding hydrogens is 1170 g/mol. The molecule has 0 saturated carbocycles. The lowest BCUT2D eigenvalue weighted by molar-refractivity contribution is -0.386. The van der Waals surface area contributed by atoms with E-state index >= 15 is 0 Å². The number of imidazole rings is 1. The summed E-state index contributed by atoms with van der Waals surface area (Å²) < 4.78 is 69.6. The molecule has 4 aromatic carbocycles. The van der Waals surface area contributed by atoms with Gasteiger partial charge in [0.15, 0.2) is 11.2 Å². The van der Waals surface area contributed by atoms with E-state index < -0.39 is 71.2 Å². The van der Waals surface area contributed by atoms with Crippen molar-refractivity contribution in [1.82, 2.24) is 29.4 Å². The molecule has 28 nitrogen and oxygen atoms in total. The van der Waals surface area contributed by atoms with Crippen LogP contribution >= 0.6 is 23.5 Å². The van der Waals surface area contributed by atoms with Gasteiger partial charge in [0.25, 0.3) is 11.6 Å². The van der Waals surface area contributed by atoms with Gasteiger partial charge in [0.1, 0.15) is 42.9 Å². The minimum atomic E-state index is -5.80. The molecule has 0 spiro atoms. The number of ether oxygens (including phenoxy) is 3. The van der Waals surface area contributed by atoms with E-state index in [1.807, 2.05) is 0 Å².